The fraction of sp³-hybridized carbons (Fsp3) is 0.250. The molecule has 2 aromatic heterocycles. The van der Waals surface area contributed by atoms with Gasteiger partial charge in [-0.05, 0) is 43.7 Å². The molecule has 0 aliphatic rings. The Kier molecular flexibility index (Phi) is 3.58. The monoisotopic (exact) mass is 298 g/mol. The third-order valence-electron chi connectivity index (χ3n) is 3.21. The van der Waals surface area contributed by atoms with Crippen LogP contribution in [-0.2, 0) is 0 Å². The molecule has 22 heavy (non-hydrogen) atoms. The van der Waals surface area contributed by atoms with Gasteiger partial charge in [0.05, 0.1) is 13.2 Å². The van der Waals surface area contributed by atoms with Gasteiger partial charge < -0.3 is 15.2 Å². The van der Waals surface area contributed by atoms with Crippen molar-refractivity contribution < 1.29 is 9.47 Å². The predicted octanol–water partition coefficient (Wildman–Crippen LogP) is 2.77. The van der Waals surface area contributed by atoms with Gasteiger partial charge in [0.1, 0.15) is 0 Å². The van der Waals surface area contributed by atoms with Crippen LogP contribution in [0.15, 0.2) is 36.5 Å². The lowest BCUT2D eigenvalue weighted by Crippen LogP contribution is -2.06. The van der Waals surface area contributed by atoms with Crippen LogP contribution in [0.25, 0.3) is 16.8 Å². The van der Waals surface area contributed by atoms with Gasteiger partial charge >= 0.3 is 0 Å². The summed E-state index contributed by atoms with van der Waals surface area (Å²) in [6, 6.07) is 9.69. The van der Waals surface area contributed by atoms with Crippen molar-refractivity contribution in [2.24, 2.45) is 0 Å². The first-order valence-electron chi connectivity index (χ1n) is 7.04. The lowest BCUT2D eigenvalue weighted by Gasteiger charge is -2.14. The number of nitrogen functional groups attached to an aromatic ring is 1. The van der Waals surface area contributed by atoms with E-state index < -0.39 is 0 Å². The highest BCUT2D eigenvalue weighted by molar-refractivity contribution is 5.68. The van der Waals surface area contributed by atoms with Gasteiger partial charge in [0.2, 0.25) is 5.95 Å². The van der Waals surface area contributed by atoms with Gasteiger partial charge in [0.25, 0.3) is 0 Å². The first kappa shape index (κ1) is 14.2. The molecule has 2 heterocycles. The molecule has 6 nitrogen and oxygen atoms in total. The van der Waals surface area contributed by atoms with Crippen molar-refractivity contribution in [3.8, 4) is 22.6 Å². The average Bonchev–Trinajstić information content (AvgIpc) is 2.86. The summed E-state index contributed by atoms with van der Waals surface area (Å²) < 4.78 is 12.8. The van der Waals surface area contributed by atoms with Crippen LogP contribution in [0.2, 0.25) is 0 Å². The van der Waals surface area contributed by atoms with E-state index in [1.807, 2.05) is 50.4 Å². The number of hydrogen-bond donors (Lipinski definition) is 1. The maximum atomic E-state index is 5.73. The summed E-state index contributed by atoms with van der Waals surface area (Å²) in [7, 11) is 1.63. The van der Waals surface area contributed by atoms with E-state index in [4.69, 9.17) is 15.2 Å². The Bertz CT molecular complexity index is 811. The van der Waals surface area contributed by atoms with Crippen molar-refractivity contribution in [3.63, 3.8) is 0 Å². The van der Waals surface area contributed by atoms with Crippen molar-refractivity contribution in [1.29, 1.82) is 0 Å². The number of nitrogens with two attached hydrogens (primary N) is 1. The van der Waals surface area contributed by atoms with Crippen LogP contribution >= 0.6 is 0 Å². The molecule has 114 valence electrons. The molecule has 0 amide bonds. The minimum Gasteiger partial charge on any atom is -0.493 e. The van der Waals surface area contributed by atoms with Gasteiger partial charge in [0, 0.05) is 11.8 Å². The summed E-state index contributed by atoms with van der Waals surface area (Å²) in [6.45, 7) is 3.97. The zero-order valence-electron chi connectivity index (χ0n) is 12.8. The maximum absolute atomic E-state index is 5.73. The topological polar surface area (TPSA) is 74.7 Å². The van der Waals surface area contributed by atoms with Crippen LogP contribution in [0.3, 0.4) is 0 Å². The van der Waals surface area contributed by atoms with Crippen LogP contribution < -0.4 is 15.2 Å². The number of nitrogens with zero attached hydrogens (tertiary/aromatic N) is 3. The molecule has 6 heteroatoms. The van der Waals surface area contributed by atoms with E-state index in [2.05, 4.69) is 10.1 Å². The van der Waals surface area contributed by atoms with E-state index >= 15 is 0 Å². The van der Waals surface area contributed by atoms with E-state index in [0.717, 1.165) is 16.9 Å². The molecule has 2 N–H and O–H groups in total. The van der Waals surface area contributed by atoms with Crippen LogP contribution in [0.4, 0.5) is 5.95 Å². The van der Waals surface area contributed by atoms with E-state index in [1.54, 1.807) is 11.6 Å². The molecule has 0 bridgehead atoms. The predicted molar refractivity (Wildman–Crippen MR) is 85.2 cm³/mol. The Morgan fingerprint density at radius 1 is 1.09 bits per heavy atom. The van der Waals surface area contributed by atoms with Gasteiger partial charge in [-0.25, -0.2) is 4.52 Å². The summed E-state index contributed by atoms with van der Waals surface area (Å²) in [5.41, 5.74) is 8.32. The number of pyridine rings is 1. The number of aromatic nitrogens is 3. The third kappa shape index (κ3) is 2.67. The van der Waals surface area contributed by atoms with Crippen molar-refractivity contribution in [3.05, 3.63) is 36.5 Å². The molecule has 0 aliphatic heterocycles. The Labute approximate surface area is 128 Å². The van der Waals surface area contributed by atoms with Gasteiger partial charge in [-0.2, -0.15) is 4.98 Å². The van der Waals surface area contributed by atoms with E-state index in [0.29, 0.717) is 11.4 Å². The smallest absolute Gasteiger partial charge is 0.240 e. The number of rotatable bonds is 4. The van der Waals surface area contributed by atoms with Gasteiger partial charge in [0.15, 0.2) is 17.1 Å². The Morgan fingerprint density at radius 3 is 2.59 bits per heavy atom. The fourth-order valence-corrected chi connectivity index (χ4v) is 2.27. The highest BCUT2D eigenvalue weighted by Crippen LogP contribution is 2.33. The number of hydrogen-bond acceptors (Lipinski definition) is 5. The van der Waals surface area contributed by atoms with Crippen molar-refractivity contribution in [2.45, 2.75) is 20.0 Å². The highest BCUT2D eigenvalue weighted by atomic mass is 16.5. The Morgan fingerprint density at radius 2 is 1.86 bits per heavy atom. The molecule has 0 radical (unpaired) electrons. The standard InChI is InChI=1S/C16H18N4O2/c1-10(2)22-13-6-4-11(8-14(13)21-3)12-5-7-15-18-16(17)19-20(15)9-12/h4-10H,1-3H3,(H2,17,19). The van der Waals surface area contributed by atoms with Gasteiger partial charge in [-0.1, -0.05) is 6.07 Å². The van der Waals surface area contributed by atoms with Crippen LogP contribution in [0.5, 0.6) is 11.5 Å². The molecule has 3 rings (SSSR count). The molecule has 0 unspecified atom stereocenters. The van der Waals surface area contributed by atoms with Crippen LogP contribution in [-0.4, -0.2) is 27.8 Å². The SMILES string of the molecule is COc1cc(-c2ccc3nc(N)nn3c2)ccc1OC(C)C. The minimum atomic E-state index is 0.0919. The number of ether oxygens (including phenoxy) is 2. The average molecular weight is 298 g/mol. The second-order valence-electron chi connectivity index (χ2n) is 5.22. The number of anilines is 1. The summed E-state index contributed by atoms with van der Waals surface area (Å²) in [5, 5.41) is 4.13. The lowest BCUT2D eigenvalue weighted by molar-refractivity contribution is 0.230. The second kappa shape index (κ2) is 5.55. The maximum Gasteiger partial charge on any atom is 0.240 e. The van der Waals surface area contributed by atoms with Crippen molar-refractivity contribution in [1.82, 2.24) is 14.6 Å². The zero-order chi connectivity index (χ0) is 15.7. The Hall–Kier alpha value is -2.76. The van der Waals surface area contributed by atoms with Gasteiger partial charge in [-0.15, -0.1) is 5.10 Å². The summed E-state index contributed by atoms with van der Waals surface area (Å²) >= 11 is 0. The number of fused-ring (bicyclic) bond motifs is 1. The third-order valence-corrected chi connectivity index (χ3v) is 3.21. The molecule has 0 spiro atoms. The molecule has 0 saturated carbocycles. The molecule has 0 fully saturated rings. The van der Waals surface area contributed by atoms with E-state index in [1.165, 1.54) is 0 Å². The molecule has 0 aliphatic carbocycles. The lowest BCUT2D eigenvalue weighted by atomic mass is 10.1. The summed E-state index contributed by atoms with van der Waals surface area (Å²) in [5.74, 6) is 1.69. The molecular weight excluding hydrogens is 280 g/mol. The molecule has 3 aromatic rings. The first-order valence-corrected chi connectivity index (χ1v) is 7.04. The van der Waals surface area contributed by atoms with E-state index in [-0.39, 0.29) is 12.1 Å². The molecule has 0 atom stereocenters. The fourth-order valence-electron chi connectivity index (χ4n) is 2.27. The molecular formula is C16H18N4O2. The largest absolute Gasteiger partial charge is 0.493 e. The number of methoxy groups -OCH3 is 1. The van der Waals surface area contributed by atoms with Crippen molar-refractivity contribution in [2.75, 3.05) is 12.8 Å². The van der Waals surface area contributed by atoms with Gasteiger partial charge in [-0.3, -0.25) is 0 Å². The summed E-state index contributed by atoms with van der Waals surface area (Å²) in [6.07, 6.45) is 1.98. The van der Waals surface area contributed by atoms with Crippen molar-refractivity contribution >= 4 is 11.6 Å². The highest BCUT2D eigenvalue weighted by Gasteiger charge is 2.10. The normalized spacial score (nSPS) is 11.1. The molecule has 1 aromatic carbocycles. The second-order valence-corrected chi connectivity index (χ2v) is 5.22. The quantitative estimate of drug-likeness (QED) is 0.801. The molecule has 0 saturated heterocycles. The van der Waals surface area contributed by atoms with E-state index in [9.17, 15) is 0 Å². The Balaban J connectivity index is 2.02. The first-order chi connectivity index (χ1) is 10.6. The minimum absolute atomic E-state index is 0.0919. The number of benzene rings is 1. The summed E-state index contributed by atoms with van der Waals surface area (Å²) in [4.78, 5) is 4.11. The van der Waals surface area contributed by atoms with Crippen LogP contribution in [0.1, 0.15) is 13.8 Å². The van der Waals surface area contributed by atoms with Crippen LogP contribution in [0, 0.1) is 0 Å². The zero-order valence-corrected chi connectivity index (χ0v) is 12.8.